The molecule has 0 N–H and O–H groups in total. The normalized spacial score (nSPS) is 11.4. The van der Waals surface area contributed by atoms with Gasteiger partial charge in [0.1, 0.15) is 9.96 Å². The first-order chi connectivity index (χ1) is 9.68. The van der Waals surface area contributed by atoms with Gasteiger partial charge in [-0.1, -0.05) is 34.5 Å². The number of benzene rings is 1. The second kappa shape index (κ2) is 5.80. The molecule has 0 amide bonds. The molecule has 1 aromatic heterocycles. The molecule has 0 aliphatic carbocycles. The van der Waals surface area contributed by atoms with Crippen LogP contribution in [0.4, 0.5) is 5.69 Å². The standard InChI is InChI=1S/C11H7Cl2NO5S2/c1-21(17,18)10-5-8(14(15)16)11(20-10)19-9-4-6(12)2-3-7(9)13/h2-5H,1H3. The van der Waals surface area contributed by atoms with Gasteiger partial charge in [0.05, 0.1) is 9.95 Å². The smallest absolute Gasteiger partial charge is 0.324 e. The fourth-order valence-electron chi connectivity index (χ4n) is 1.38. The van der Waals surface area contributed by atoms with Gasteiger partial charge in [0.15, 0.2) is 9.84 Å². The molecule has 10 heteroatoms. The molecule has 2 aromatic rings. The average Bonchev–Trinajstić information content (AvgIpc) is 2.78. The van der Waals surface area contributed by atoms with Crippen LogP contribution in [0.2, 0.25) is 10.0 Å². The number of halogens is 2. The van der Waals surface area contributed by atoms with Gasteiger partial charge in [0.2, 0.25) is 0 Å². The number of rotatable bonds is 4. The van der Waals surface area contributed by atoms with Crippen LogP contribution in [-0.2, 0) is 9.84 Å². The third-order valence-corrected chi connectivity index (χ3v) is 5.67. The SMILES string of the molecule is CS(=O)(=O)c1cc([N+](=O)[O-])c(Oc2cc(Cl)ccc2Cl)s1. The molecule has 0 bridgehead atoms. The van der Waals surface area contributed by atoms with Crippen LogP contribution in [0.3, 0.4) is 0 Å². The lowest BCUT2D eigenvalue weighted by atomic mass is 10.3. The highest BCUT2D eigenvalue weighted by Gasteiger charge is 2.26. The van der Waals surface area contributed by atoms with Crippen LogP contribution < -0.4 is 4.74 Å². The second-order valence-electron chi connectivity index (χ2n) is 3.94. The molecular formula is C11H7Cl2NO5S2. The van der Waals surface area contributed by atoms with Crippen LogP contribution in [0.25, 0.3) is 0 Å². The summed E-state index contributed by atoms with van der Waals surface area (Å²) in [6.45, 7) is 0. The Balaban J connectivity index is 2.51. The summed E-state index contributed by atoms with van der Waals surface area (Å²) in [5, 5.41) is 11.3. The topological polar surface area (TPSA) is 86.5 Å². The lowest BCUT2D eigenvalue weighted by Crippen LogP contribution is -1.92. The highest BCUT2D eigenvalue weighted by molar-refractivity contribution is 7.92. The molecule has 21 heavy (non-hydrogen) atoms. The van der Waals surface area contributed by atoms with Crippen LogP contribution in [0.1, 0.15) is 0 Å². The largest absolute Gasteiger partial charge is 0.438 e. The van der Waals surface area contributed by atoms with Gasteiger partial charge in [-0.25, -0.2) is 8.42 Å². The van der Waals surface area contributed by atoms with Crippen molar-refractivity contribution in [1.82, 2.24) is 0 Å². The van der Waals surface area contributed by atoms with E-state index in [1.165, 1.54) is 18.2 Å². The van der Waals surface area contributed by atoms with E-state index in [9.17, 15) is 18.5 Å². The molecule has 0 aliphatic rings. The summed E-state index contributed by atoms with van der Waals surface area (Å²) in [5.41, 5.74) is -0.448. The Morgan fingerprint density at radius 2 is 1.95 bits per heavy atom. The number of sulfone groups is 1. The molecule has 0 saturated carbocycles. The van der Waals surface area contributed by atoms with Crippen molar-refractivity contribution in [2.24, 2.45) is 0 Å². The fourth-order valence-corrected chi connectivity index (χ4v) is 3.58. The lowest BCUT2D eigenvalue weighted by Gasteiger charge is -2.05. The third-order valence-electron chi connectivity index (χ3n) is 2.32. The van der Waals surface area contributed by atoms with Gasteiger partial charge in [-0.2, -0.15) is 0 Å². The zero-order valence-electron chi connectivity index (χ0n) is 10.4. The summed E-state index contributed by atoms with van der Waals surface area (Å²) < 4.78 is 28.1. The second-order valence-corrected chi connectivity index (χ2v) is 8.05. The molecule has 1 aromatic carbocycles. The Morgan fingerprint density at radius 1 is 1.29 bits per heavy atom. The molecule has 0 saturated heterocycles. The van der Waals surface area contributed by atoms with Crippen molar-refractivity contribution in [2.75, 3.05) is 6.26 Å². The minimum absolute atomic E-state index is 0.106. The van der Waals surface area contributed by atoms with E-state index in [4.69, 9.17) is 27.9 Å². The molecule has 0 unspecified atom stereocenters. The van der Waals surface area contributed by atoms with Gasteiger partial charge in [0, 0.05) is 23.4 Å². The number of nitrogens with zero attached hydrogens (tertiary/aromatic N) is 1. The Hall–Kier alpha value is -1.35. The van der Waals surface area contributed by atoms with Crippen molar-refractivity contribution in [3.8, 4) is 10.8 Å². The number of hydrogen-bond donors (Lipinski definition) is 0. The van der Waals surface area contributed by atoms with Crippen molar-refractivity contribution >= 4 is 50.1 Å². The van der Waals surface area contributed by atoms with E-state index in [1.54, 1.807) is 0 Å². The molecule has 0 atom stereocenters. The van der Waals surface area contributed by atoms with E-state index in [0.717, 1.165) is 12.3 Å². The third kappa shape index (κ3) is 3.65. The highest BCUT2D eigenvalue weighted by atomic mass is 35.5. The van der Waals surface area contributed by atoms with Gasteiger partial charge in [-0.15, -0.1) is 0 Å². The number of hydrogen-bond acceptors (Lipinski definition) is 6. The summed E-state index contributed by atoms with van der Waals surface area (Å²) in [5.74, 6) is 0.106. The maximum atomic E-state index is 11.5. The molecule has 0 aliphatic heterocycles. The van der Waals surface area contributed by atoms with Crippen molar-refractivity contribution in [2.45, 2.75) is 4.21 Å². The maximum Gasteiger partial charge on any atom is 0.324 e. The van der Waals surface area contributed by atoms with Crippen molar-refractivity contribution in [1.29, 1.82) is 0 Å². The Kier molecular flexibility index (Phi) is 4.43. The molecule has 2 rings (SSSR count). The first-order valence-corrected chi connectivity index (χ1v) is 8.76. The van der Waals surface area contributed by atoms with Gasteiger partial charge >= 0.3 is 5.69 Å². The number of ether oxygens (including phenoxy) is 1. The zero-order valence-corrected chi connectivity index (χ0v) is 13.5. The van der Waals surface area contributed by atoms with Crippen molar-refractivity contribution < 1.29 is 18.1 Å². The number of thiophene rings is 1. The lowest BCUT2D eigenvalue weighted by molar-refractivity contribution is -0.385. The highest BCUT2D eigenvalue weighted by Crippen LogP contribution is 2.43. The van der Waals surface area contributed by atoms with Crippen LogP contribution >= 0.6 is 34.5 Å². The monoisotopic (exact) mass is 367 g/mol. The van der Waals surface area contributed by atoms with E-state index in [0.29, 0.717) is 16.4 Å². The number of nitro groups is 1. The summed E-state index contributed by atoms with van der Waals surface area (Å²) >= 11 is 12.4. The van der Waals surface area contributed by atoms with Crippen LogP contribution in [0.15, 0.2) is 28.5 Å². The molecule has 0 radical (unpaired) electrons. The van der Waals surface area contributed by atoms with E-state index in [2.05, 4.69) is 0 Å². The fraction of sp³-hybridized carbons (Fsp3) is 0.0909. The van der Waals surface area contributed by atoms with E-state index in [1.807, 2.05) is 0 Å². The average molecular weight is 368 g/mol. The van der Waals surface area contributed by atoms with E-state index >= 15 is 0 Å². The maximum absolute atomic E-state index is 11.5. The van der Waals surface area contributed by atoms with Gasteiger partial charge < -0.3 is 4.74 Å². The Morgan fingerprint density at radius 3 is 2.52 bits per heavy atom. The predicted molar refractivity (Wildman–Crippen MR) is 80.6 cm³/mol. The Bertz CT molecular complexity index is 816. The molecule has 0 spiro atoms. The zero-order chi connectivity index (χ0) is 15.8. The van der Waals surface area contributed by atoms with Crippen molar-refractivity contribution in [3.05, 3.63) is 44.4 Å². The van der Waals surface area contributed by atoms with Gasteiger partial charge in [-0.05, 0) is 12.1 Å². The summed E-state index contributed by atoms with van der Waals surface area (Å²) in [6.07, 6.45) is 0.957. The van der Waals surface area contributed by atoms with E-state index in [-0.39, 0.29) is 20.0 Å². The van der Waals surface area contributed by atoms with Crippen LogP contribution in [-0.4, -0.2) is 19.6 Å². The van der Waals surface area contributed by atoms with Crippen LogP contribution in [0, 0.1) is 10.1 Å². The molecular weight excluding hydrogens is 361 g/mol. The molecule has 1 heterocycles. The van der Waals surface area contributed by atoms with Crippen molar-refractivity contribution in [3.63, 3.8) is 0 Å². The quantitative estimate of drug-likeness (QED) is 0.597. The molecule has 0 fully saturated rings. The van der Waals surface area contributed by atoms with E-state index < -0.39 is 20.4 Å². The Labute approximate surface area is 133 Å². The van der Waals surface area contributed by atoms with Gasteiger partial charge in [0.25, 0.3) is 5.06 Å². The first-order valence-electron chi connectivity index (χ1n) is 5.29. The predicted octanol–water partition coefficient (Wildman–Crippen LogP) is 4.16. The van der Waals surface area contributed by atoms with Crippen LogP contribution in [0.5, 0.6) is 10.8 Å². The molecule has 6 nitrogen and oxygen atoms in total. The summed E-state index contributed by atoms with van der Waals surface area (Å²) in [6, 6.07) is 5.33. The minimum atomic E-state index is -3.57. The minimum Gasteiger partial charge on any atom is -0.438 e. The summed E-state index contributed by atoms with van der Waals surface area (Å²) in [4.78, 5) is 10.3. The summed E-state index contributed by atoms with van der Waals surface area (Å²) in [7, 11) is -3.57. The first kappa shape index (κ1) is 16.0. The molecule has 112 valence electrons. The van der Waals surface area contributed by atoms with Gasteiger partial charge in [-0.3, -0.25) is 10.1 Å².